The fraction of sp³-hybridized carbons (Fsp3) is 0. The molecule has 156 valence electrons. The molecule has 0 aliphatic carbocycles. The van der Waals surface area contributed by atoms with E-state index in [0.717, 1.165) is 0 Å². The number of benzene rings is 5. The lowest BCUT2D eigenvalue weighted by Gasteiger charge is -2.25. The van der Waals surface area contributed by atoms with Crippen LogP contribution >= 0.6 is 7.92 Å². The molecule has 0 aliphatic heterocycles. The third kappa shape index (κ3) is 3.61. The van der Waals surface area contributed by atoms with Crippen LogP contribution in [0.1, 0.15) is 0 Å². The summed E-state index contributed by atoms with van der Waals surface area (Å²) in [5, 5.41) is 9.10. The van der Waals surface area contributed by atoms with Gasteiger partial charge in [-0.2, -0.15) is 0 Å². The highest BCUT2D eigenvalue weighted by Gasteiger charge is 2.23. The van der Waals surface area contributed by atoms with Crippen molar-refractivity contribution in [1.29, 1.82) is 0 Å². The molecule has 2 heteroatoms. The van der Waals surface area contributed by atoms with Gasteiger partial charge in [-0.15, -0.1) is 0 Å². The molecule has 0 unspecified atom stereocenters. The number of pyridine rings is 1. The van der Waals surface area contributed by atoms with Gasteiger partial charge in [-0.3, -0.25) is 4.98 Å². The first-order chi connectivity index (χ1) is 16.4. The van der Waals surface area contributed by atoms with Crippen molar-refractivity contribution in [1.82, 2.24) is 4.98 Å². The van der Waals surface area contributed by atoms with Crippen molar-refractivity contribution < 1.29 is 0 Å². The van der Waals surface area contributed by atoms with E-state index in [1.54, 1.807) is 0 Å². The summed E-state index contributed by atoms with van der Waals surface area (Å²) in [5.74, 6) is 0. The van der Waals surface area contributed by atoms with Crippen LogP contribution in [0.5, 0.6) is 0 Å². The standard InChI is InChI=1S/C31H22NP/c1-3-12-25(13-4-1)33(26-14-5-2-6-15-26)31-27-16-8-7-10-23(27)18-19-29(31)28-17-9-11-24-20-21-32-22-30(24)28/h1-22H. The maximum atomic E-state index is 4.46. The molecule has 0 saturated carbocycles. The number of hydrogen-bond acceptors (Lipinski definition) is 1. The summed E-state index contributed by atoms with van der Waals surface area (Å²) >= 11 is 0. The van der Waals surface area contributed by atoms with Crippen LogP contribution in [0.2, 0.25) is 0 Å². The van der Waals surface area contributed by atoms with Crippen LogP contribution in [0.4, 0.5) is 0 Å². The Kier molecular flexibility index (Phi) is 5.19. The topological polar surface area (TPSA) is 12.9 Å². The number of aromatic nitrogens is 1. The van der Waals surface area contributed by atoms with Gasteiger partial charge in [-0.1, -0.05) is 115 Å². The summed E-state index contributed by atoms with van der Waals surface area (Å²) in [6, 6.07) is 43.9. The van der Waals surface area contributed by atoms with Crippen LogP contribution in [-0.2, 0) is 0 Å². The average molecular weight is 439 g/mol. The first-order valence-corrected chi connectivity index (χ1v) is 12.5. The molecule has 0 fully saturated rings. The van der Waals surface area contributed by atoms with Gasteiger partial charge >= 0.3 is 0 Å². The van der Waals surface area contributed by atoms with Gasteiger partial charge in [0.05, 0.1) is 0 Å². The summed E-state index contributed by atoms with van der Waals surface area (Å²) in [7, 11) is -0.766. The fourth-order valence-electron chi connectivity index (χ4n) is 4.62. The van der Waals surface area contributed by atoms with E-state index in [-0.39, 0.29) is 0 Å². The lowest BCUT2D eigenvalue weighted by atomic mass is 9.97. The Morgan fingerprint density at radius 2 is 1.09 bits per heavy atom. The molecule has 0 atom stereocenters. The van der Waals surface area contributed by atoms with E-state index < -0.39 is 7.92 Å². The first kappa shape index (κ1) is 19.9. The van der Waals surface area contributed by atoms with E-state index in [4.69, 9.17) is 0 Å². The minimum absolute atomic E-state index is 0.766. The van der Waals surface area contributed by atoms with Crippen molar-refractivity contribution in [2.24, 2.45) is 0 Å². The van der Waals surface area contributed by atoms with E-state index >= 15 is 0 Å². The van der Waals surface area contributed by atoms with Crippen LogP contribution in [0, 0.1) is 0 Å². The molecule has 6 rings (SSSR count). The van der Waals surface area contributed by atoms with Crippen LogP contribution in [0.3, 0.4) is 0 Å². The van der Waals surface area contributed by atoms with Crippen molar-refractivity contribution in [3.63, 3.8) is 0 Å². The van der Waals surface area contributed by atoms with E-state index in [9.17, 15) is 0 Å². The van der Waals surface area contributed by atoms with Gasteiger partial charge < -0.3 is 0 Å². The molecule has 5 aromatic carbocycles. The predicted molar refractivity (Wildman–Crippen MR) is 143 cm³/mol. The van der Waals surface area contributed by atoms with E-state index in [2.05, 4.69) is 126 Å². The molecule has 0 bridgehead atoms. The minimum Gasteiger partial charge on any atom is -0.264 e. The Labute approximate surface area is 195 Å². The van der Waals surface area contributed by atoms with E-state index in [1.165, 1.54) is 48.6 Å². The number of rotatable bonds is 4. The molecular weight excluding hydrogens is 417 g/mol. The molecule has 0 amide bonds. The SMILES string of the molecule is c1ccc(P(c2ccccc2)c2c(-c3cccc4ccncc34)ccc3ccccc23)cc1. The monoisotopic (exact) mass is 439 g/mol. The second-order valence-corrected chi connectivity index (χ2v) is 10.2. The maximum absolute atomic E-state index is 4.46. The highest BCUT2D eigenvalue weighted by molar-refractivity contribution is 7.80. The van der Waals surface area contributed by atoms with E-state index in [0.29, 0.717) is 0 Å². The molecule has 0 radical (unpaired) electrons. The number of hydrogen-bond donors (Lipinski definition) is 0. The maximum Gasteiger partial charge on any atom is 0.0352 e. The van der Waals surface area contributed by atoms with Gasteiger partial charge in [-0.25, -0.2) is 0 Å². The summed E-state index contributed by atoms with van der Waals surface area (Å²) in [6.45, 7) is 0. The van der Waals surface area contributed by atoms with Gasteiger partial charge in [0, 0.05) is 23.1 Å². The lowest BCUT2D eigenvalue weighted by molar-refractivity contribution is 1.36. The average Bonchev–Trinajstić information content (AvgIpc) is 2.90. The Morgan fingerprint density at radius 1 is 0.455 bits per heavy atom. The first-order valence-electron chi connectivity index (χ1n) is 11.2. The fourth-order valence-corrected chi connectivity index (χ4v) is 7.26. The van der Waals surface area contributed by atoms with Crippen molar-refractivity contribution >= 4 is 45.4 Å². The molecule has 0 spiro atoms. The van der Waals surface area contributed by atoms with E-state index in [1.807, 2.05) is 12.4 Å². The zero-order valence-corrected chi connectivity index (χ0v) is 19.0. The van der Waals surface area contributed by atoms with Crippen LogP contribution < -0.4 is 15.9 Å². The zero-order valence-electron chi connectivity index (χ0n) is 18.1. The van der Waals surface area contributed by atoms with Gasteiger partial charge in [0.15, 0.2) is 0 Å². The molecular formula is C31H22NP. The molecule has 33 heavy (non-hydrogen) atoms. The second-order valence-electron chi connectivity index (χ2n) is 8.09. The largest absolute Gasteiger partial charge is 0.264 e. The molecule has 1 heterocycles. The normalized spacial score (nSPS) is 11.3. The van der Waals surface area contributed by atoms with Gasteiger partial charge in [0.2, 0.25) is 0 Å². The Balaban J connectivity index is 1.74. The highest BCUT2D eigenvalue weighted by atomic mass is 31.1. The Bertz CT molecular complexity index is 1510. The number of fused-ring (bicyclic) bond motifs is 2. The Morgan fingerprint density at radius 3 is 1.85 bits per heavy atom. The number of nitrogens with zero attached hydrogens (tertiary/aromatic N) is 1. The quantitative estimate of drug-likeness (QED) is 0.275. The summed E-state index contributed by atoms with van der Waals surface area (Å²) in [6.07, 6.45) is 3.87. The highest BCUT2D eigenvalue weighted by Crippen LogP contribution is 2.41. The molecule has 0 aliphatic rings. The third-order valence-electron chi connectivity index (χ3n) is 6.13. The molecule has 0 saturated heterocycles. The van der Waals surface area contributed by atoms with Crippen molar-refractivity contribution in [3.05, 3.63) is 134 Å². The van der Waals surface area contributed by atoms with Crippen molar-refractivity contribution in [2.75, 3.05) is 0 Å². The third-order valence-corrected chi connectivity index (χ3v) is 8.68. The second kappa shape index (κ2) is 8.62. The van der Waals surface area contributed by atoms with Crippen LogP contribution in [-0.4, -0.2) is 4.98 Å². The van der Waals surface area contributed by atoms with Crippen molar-refractivity contribution in [3.8, 4) is 11.1 Å². The van der Waals surface area contributed by atoms with Crippen LogP contribution in [0.25, 0.3) is 32.7 Å². The molecule has 6 aromatic rings. The molecule has 1 nitrogen and oxygen atoms in total. The lowest BCUT2D eigenvalue weighted by Crippen LogP contribution is -2.23. The Hall–Kier alpha value is -3.80. The minimum atomic E-state index is -0.766. The predicted octanol–water partition coefficient (Wildman–Crippen LogP) is 6.81. The molecule has 1 aromatic heterocycles. The summed E-state index contributed by atoms with van der Waals surface area (Å²) < 4.78 is 0. The summed E-state index contributed by atoms with van der Waals surface area (Å²) in [4.78, 5) is 4.46. The zero-order chi connectivity index (χ0) is 22.0. The molecule has 0 N–H and O–H groups in total. The van der Waals surface area contributed by atoms with Gasteiger partial charge in [0.25, 0.3) is 0 Å². The van der Waals surface area contributed by atoms with Crippen LogP contribution in [0.15, 0.2) is 134 Å². The van der Waals surface area contributed by atoms with Crippen molar-refractivity contribution in [2.45, 2.75) is 0 Å². The van der Waals surface area contributed by atoms with Gasteiger partial charge in [0.1, 0.15) is 0 Å². The smallest absolute Gasteiger partial charge is 0.0352 e. The van der Waals surface area contributed by atoms with Gasteiger partial charge in [-0.05, 0) is 51.9 Å². The summed E-state index contributed by atoms with van der Waals surface area (Å²) in [5.41, 5.74) is 2.52.